The van der Waals surface area contributed by atoms with Gasteiger partial charge >= 0.3 is 12.0 Å². The molecule has 0 unspecified atom stereocenters. The summed E-state index contributed by atoms with van der Waals surface area (Å²) in [5.41, 5.74) is 3.41. The minimum Gasteiger partial charge on any atom is -0.466 e. The summed E-state index contributed by atoms with van der Waals surface area (Å²) in [6, 6.07) is 15.5. The molecule has 180 valence electrons. The number of benzene rings is 2. The van der Waals surface area contributed by atoms with Crippen LogP contribution in [-0.4, -0.2) is 53.1 Å². The van der Waals surface area contributed by atoms with Crippen LogP contribution in [0.2, 0.25) is 0 Å². The zero-order chi connectivity index (χ0) is 24.3. The zero-order valence-electron chi connectivity index (χ0n) is 19.7. The van der Waals surface area contributed by atoms with Crippen molar-refractivity contribution in [3.8, 4) is 23.1 Å². The van der Waals surface area contributed by atoms with E-state index in [0.29, 0.717) is 37.9 Å². The lowest BCUT2D eigenvalue weighted by molar-refractivity contribution is -0.144. The van der Waals surface area contributed by atoms with Crippen molar-refractivity contribution in [1.29, 1.82) is 0 Å². The molecule has 0 aliphatic heterocycles. The minimum atomic E-state index is -0.387. The van der Waals surface area contributed by atoms with E-state index in [1.54, 1.807) is 23.7 Å². The number of hydrogen-bond acceptors (Lipinski definition) is 7. The Hall–Kier alpha value is -3.72. The average molecular weight is 467 g/mol. The summed E-state index contributed by atoms with van der Waals surface area (Å²) in [7, 11) is 0. The number of amides is 1. The molecule has 9 heteroatoms. The fraction of sp³-hybridized carbons (Fsp3) is 0.360. The van der Waals surface area contributed by atoms with Gasteiger partial charge in [-0.3, -0.25) is 9.59 Å². The summed E-state index contributed by atoms with van der Waals surface area (Å²) in [6.45, 7) is 7.40. The van der Waals surface area contributed by atoms with Crippen LogP contribution in [0.1, 0.15) is 32.3 Å². The largest absolute Gasteiger partial charge is 0.466 e. The first-order valence-electron chi connectivity index (χ1n) is 11.3. The van der Waals surface area contributed by atoms with Gasteiger partial charge in [0.2, 0.25) is 5.91 Å². The van der Waals surface area contributed by atoms with Crippen molar-refractivity contribution in [3.05, 3.63) is 54.1 Å². The first kappa shape index (κ1) is 24.9. The van der Waals surface area contributed by atoms with E-state index < -0.39 is 0 Å². The van der Waals surface area contributed by atoms with E-state index in [9.17, 15) is 9.59 Å². The predicted octanol–water partition coefficient (Wildman–Crippen LogP) is 3.94. The van der Waals surface area contributed by atoms with Gasteiger partial charge in [-0.15, -0.1) is 5.10 Å². The Bertz CT molecular complexity index is 1080. The Labute approximate surface area is 199 Å². The predicted molar refractivity (Wildman–Crippen MR) is 128 cm³/mol. The molecule has 0 fully saturated rings. The van der Waals surface area contributed by atoms with Gasteiger partial charge in [-0.25, -0.2) is 4.68 Å². The first-order valence-corrected chi connectivity index (χ1v) is 11.3. The number of carbonyl (C=O) groups is 2. The van der Waals surface area contributed by atoms with Crippen LogP contribution in [0, 0.1) is 6.92 Å². The molecule has 0 saturated heterocycles. The van der Waals surface area contributed by atoms with Crippen molar-refractivity contribution in [2.45, 2.75) is 33.6 Å². The molecule has 3 rings (SSSR count). The third kappa shape index (κ3) is 7.14. The van der Waals surface area contributed by atoms with Crippen molar-refractivity contribution in [3.63, 3.8) is 0 Å². The molecular formula is C25H30N4O5. The molecule has 0 aliphatic carbocycles. The zero-order valence-corrected chi connectivity index (χ0v) is 19.7. The molecule has 0 aliphatic rings. The molecule has 34 heavy (non-hydrogen) atoms. The number of esters is 1. The van der Waals surface area contributed by atoms with Gasteiger partial charge in [0, 0.05) is 24.3 Å². The molecule has 0 atom stereocenters. The fourth-order valence-corrected chi connectivity index (χ4v) is 3.12. The van der Waals surface area contributed by atoms with Crippen LogP contribution in [0.4, 0.5) is 5.69 Å². The van der Waals surface area contributed by atoms with Crippen molar-refractivity contribution < 1.29 is 23.8 Å². The van der Waals surface area contributed by atoms with Gasteiger partial charge in [-0.1, -0.05) is 29.8 Å². The third-order valence-corrected chi connectivity index (χ3v) is 4.82. The van der Waals surface area contributed by atoms with E-state index >= 15 is 0 Å². The topological polar surface area (TPSA) is 105 Å². The minimum absolute atomic E-state index is 0.0443. The lowest BCUT2D eigenvalue weighted by atomic mass is 10.1. The third-order valence-electron chi connectivity index (χ3n) is 4.82. The lowest BCUT2D eigenvalue weighted by Crippen LogP contribution is -2.14. The number of nitrogens with one attached hydrogen (secondary N) is 1. The standard InChI is InChI=1S/C25H30N4O5/c1-4-32-16-17-34-25-27-24(19-8-6-18(3)7-9-19)29(28-25)21-12-10-20(11-13-21)26-22(30)14-15-23(31)33-5-2/h6-13H,4-5,14-17H2,1-3H3,(H,26,30). The molecule has 0 spiro atoms. The molecule has 2 aromatic carbocycles. The Morgan fingerprint density at radius 3 is 2.35 bits per heavy atom. The smallest absolute Gasteiger partial charge is 0.336 e. The average Bonchev–Trinajstić information content (AvgIpc) is 3.26. The highest BCUT2D eigenvalue weighted by atomic mass is 16.5. The van der Waals surface area contributed by atoms with Gasteiger partial charge in [0.25, 0.3) is 0 Å². The molecule has 3 aromatic rings. The van der Waals surface area contributed by atoms with E-state index in [4.69, 9.17) is 14.2 Å². The number of carbonyl (C=O) groups excluding carboxylic acids is 2. The van der Waals surface area contributed by atoms with E-state index in [1.807, 2.05) is 50.2 Å². The summed E-state index contributed by atoms with van der Waals surface area (Å²) in [6.07, 6.45) is 0.104. The first-order chi connectivity index (χ1) is 16.5. The SMILES string of the molecule is CCOCCOc1nc(-c2ccc(C)cc2)n(-c2ccc(NC(=O)CCC(=O)OCC)cc2)n1. The van der Waals surface area contributed by atoms with Crippen LogP contribution in [0.5, 0.6) is 6.01 Å². The van der Waals surface area contributed by atoms with Crippen LogP contribution < -0.4 is 10.1 Å². The lowest BCUT2D eigenvalue weighted by Gasteiger charge is -2.09. The molecule has 0 saturated carbocycles. The van der Waals surface area contributed by atoms with E-state index in [-0.39, 0.29) is 30.7 Å². The highest BCUT2D eigenvalue weighted by Crippen LogP contribution is 2.25. The number of hydrogen-bond donors (Lipinski definition) is 1. The number of nitrogens with zero attached hydrogens (tertiary/aromatic N) is 3. The Morgan fingerprint density at radius 2 is 1.68 bits per heavy atom. The maximum absolute atomic E-state index is 12.1. The molecule has 1 heterocycles. The van der Waals surface area contributed by atoms with Crippen molar-refractivity contribution in [2.24, 2.45) is 0 Å². The van der Waals surface area contributed by atoms with Gasteiger partial charge in [0.15, 0.2) is 5.82 Å². The fourth-order valence-electron chi connectivity index (χ4n) is 3.12. The maximum atomic E-state index is 12.1. The summed E-state index contributed by atoms with van der Waals surface area (Å²) in [4.78, 5) is 28.1. The Kier molecular flexibility index (Phi) is 9.16. The monoisotopic (exact) mass is 466 g/mol. The normalized spacial score (nSPS) is 10.7. The van der Waals surface area contributed by atoms with Gasteiger partial charge < -0.3 is 19.5 Å². The van der Waals surface area contributed by atoms with Gasteiger partial charge in [-0.2, -0.15) is 4.98 Å². The maximum Gasteiger partial charge on any atom is 0.336 e. The number of aryl methyl sites for hydroxylation is 1. The number of ether oxygens (including phenoxy) is 3. The Morgan fingerprint density at radius 1 is 0.941 bits per heavy atom. The van der Waals surface area contributed by atoms with Crippen LogP contribution in [0.15, 0.2) is 48.5 Å². The quantitative estimate of drug-likeness (QED) is 0.318. The van der Waals surface area contributed by atoms with Crippen LogP contribution in [-0.2, 0) is 19.1 Å². The second kappa shape index (κ2) is 12.5. The van der Waals surface area contributed by atoms with E-state index in [2.05, 4.69) is 15.4 Å². The highest BCUT2D eigenvalue weighted by Gasteiger charge is 2.15. The molecule has 1 N–H and O–H groups in total. The molecule has 0 radical (unpaired) electrons. The van der Waals surface area contributed by atoms with Crippen molar-refractivity contribution >= 4 is 17.6 Å². The van der Waals surface area contributed by atoms with Crippen molar-refractivity contribution in [1.82, 2.24) is 14.8 Å². The summed E-state index contributed by atoms with van der Waals surface area (Å²) >= 11 is 0. The summed E-state index contributed by atoms with van der Waals surface area (Å²) in [5, 5.41) is 7.31. The molecular weight excluding hydrogens is 436 g/mol. The number of aromatic nitrogens is 3. The van der Waals surface area contributed by atoms with Gasteiger partial charge in [0.05, 0.1) is 25.3 Å². The van der Waals surface area contributed by atoms with Crippen LogP contribution >= 0.6 is 0 Å². The number of rotatable bonds is 12. The van der Waals surface area contributed by atoms with Gasteiger partial charge in [-0.05, 0) is 45.0 Å². The molecule has 0 bridgehead atoms. The second-order valence-electron chi connectivity index (χ2n) is 7.44. The van der Waals surface area contributed by atoms with E-state index in [1.165, 1.54) is 0 Å². The Balaban J connectivity index is 1.75. The number of anilines is 1. The van der Waals surface area contributed by atoms with Crippen LogP contribution in [0.3, 0.4) is 0 Å². The van der Waals surface area contributed by atoms with E-state index in [0.717, 1.165) is 16.8 Å². The van der Waals surface area contributed by atoms with Crippen LogP contribution in [0.25, 0.3) is 17.1 Å². The van der Waals surface area contributed by atoms with Crippen molar-refractivity contribution in [2.75, 3.05) is 31.7 Å². The van der Waals surface area contributed by atoms with Gasteiger partial charge in [0.1, 0.15) is 6.61 Å². The molecule has 1 amide bonds. The molecule has 1 aromatic heterocycles. The second-order valence-corrected chi connectivity index (χ2v) is 7.44. The highest BCUT2D eigenvalue weighted by molar-refractivity contribution is 5.92. The summed E-state index contributed by atoms with van der Waals surface area (Å²) < 4.78 is 17.5. The summed E-state index contributed by atoms with van der Waals surface area (Å²) in [5.74, 6) is -0.00776. The molecule has 9 nitrogen and oxygen atoms in total.